The van der Waals surface area contributed by atoms with E-state index < -0.39 is 11.6 Å². The highest BCUT2D eigenvalue weighted by atomic mass is 16.4. The monoisotopic (exact) mass is 522 g/mol. The minimum Gasteiger partial charge on any atom is -0.481 e. The zero-order valence-electron chi connectivity index (χ0n) is 24.4. The van der Waals surface area contributed by atoms with Gasteiger partial charge in [-0.3, -0.25) is 4.79 Å². The SMILES string of the molecule is CC(C)(CC(C1CCCCC1)(C1CCCCC1)C12C=CC(C1)C(C(=O)O)C2)C12CC3CC(CC(O)(C3)C1)C2. The van der Waals surface area contributed by atoms with Gasteiger partial charge >= 0.3 is 5.97 Å². The van der Waals surface area contributed by atoms with Gasteiger partial charge in [-0.05, 0) is 135 Å². The van der Waals surface area contributed by atoms with E-state index in [0.717, 1.165) is 55.8 Å². The van der Waals surface area contributed by atoms with Crippen LogP contribution in [0.25, 0.3) is 0 Å². The molecule has 0 heterocycles. The van der Waals surface area contributed by atoms with Gasteiger partial charge in [0.05, 0.1) is 11.5 Å². The van der Waals surface area contributed by atoms with Crippen molar-refractivity contribution >= 4 is 5.97 Å². The number of allylic oxidation sites excluding steroid dienone is 2. The molecule has 0 aromatic rings. The molecule has 0 aromatic heterocycles. The van der Waals surface area contributed by atoms with Crippen LogP contribution in [0.15, 0.2) is 12.2 Å². The molecular formula is C35H54O3. The molecule has 0 aromatic carbocycles. The molecule has 6 bridgehead atoms. The summed E-state index contributed by atoms with van der Waals surface area (Å²) in [5, 5.41) is 22.1. The molecule has 8 aliphatic rings. The summed E-state index contributed by atoms with van der Waals surface area (Å²) in [5.41, 5.74) is 0.261. The first-order chi connectivity index (χ1) is 18.1. The van der Waals surface area contributed by atoms with Crippen LogP contribution in [0.3, 0.4) is 0 Å². The van der Waals surface area contributed by atoms with Crippen molar-refractivity contribution in [3.05, 3.63) is 12.2 Å². The van der Waals surface area contributed by atoms with Gasteiger partial charge in [-0.1, -0.05) is 64.5 Å². The van der Waals surface area contributed by atoms with E-state index in [-0.39, 0.29) is 33.5 Å². The second-order valence-electron chi connectivity index (χ2n) is 16.8. The van der Waals surface area contributed by atoms with Crippen molar-refractivity contribution in [2.75, 3.05) is 0 Å². The highest BCUT2D eigenvalue weighted by Gasteiger charge is 2.68. The third-order valence-electron chi connectivity index (χ3n) is 14.5. The molecule has 3 nitrogen and oxygen atoms in total. The van der Waals surface area contributed by atoms with Gasteiger partial charge in [0.2, 0.25) is 0 Å². The van der Waals surface area contributed by atoms with Gasteiger partial charge in [0.15, 0.2) is 0 Å². The topological polar surface area (TPSA) is 57.5 Å². The third-order valence-corrected chi connectivity index (χ3v) is 14.5. The van der Waals surface area contributed by atoms with Gasteiger partial charge in [0, 0.05) is 0 Å². The summed E-state index contributed by atoms with van der Waals surface area (Å²) in [5.74, 6) is 2.40. The highest BCUT2D eigenvalue weighted by Crippen LogP contribution is 2.75. The lowest BCUT2D eigenvalue weighted by molar-refractivity contribution is -0.217. The van der Waals surface area contributed by atoms with Crippen molar-refractivity contribution in [3.8, 4) is 0 Å². The predicted octanol–water partition coefficient (Wildman–Crippen LogP) is 8.55. The van der Waals surface area contributed by atoms with E-state index in [1.54, 1.807) is 0 Å². The Morgan fingerprint density at radius 1 is 0.842 bits per heavy atom. The molecule has 0 radical (unpaired) electrons. The first-order valence-corrected chi connectivity index (χ1v) is 16.7. The van der Waals surface area contributed by atoms with Crippen LogP contribution in [0.4, 0.5) is 0 Å². The van der Waals surface area contributed by atoms with Gasteiger partial charge in [-0.25, -0.2) is 0 Å². The molecule has 7 saturated carbocycles. The van der Waals surface area contributed by atoms with Crippen molar-refractivity contribution < 1.29 is 15.0 Å². The van der Waals surface area contributed by atoms with Crippen molar-refractivity contribution in [1.29, 1.82) is 0 Å². The number of rotatable bonds is 7. The minimum absolute atomic E-state index is 0.0567. The molecule has 3 heteroatoms. The Morgan fingerprint density at radius 3 is 1.92 bits per heavy atom. The first-order valence-electron chi connectivity index (χ1n) is 16.7. The molecule has 0 spiro atoms. The summed E-state index contributed by atoms with van der Waals surface area (Å²) in [6.07, 6.45) is 29.0. The average molecular weight is 523 g/mol. The summed E-state index contributed by atoms with van der Waals surface area (Å²) >= 11 is 0. The molecule has 0 saturated heterocycles. The minimum atomic E-state index is -0.551. The molecule has 0 aliphatic heterocycles. The number of aliphatic hydroxyl groups is 1. The number of carboxylic acid groups (broad SMARTS) is 1. The molecule has 8 aliphatic carbocycles. The number of carboxylic acids is 1. The molecule has 0 amide bonds. The van der Waals surface area contributed by atoms with E-state index in [4.69, 9.17) is 0 Å². The van der Waals surface area contributed by atoms with Crippen LogP contribution in [-0.4, -0.2) is 21.8 Å². The summed E-state index contributed by atoms with van der Waals surface area (Å²) < 4.78 is 0. The van der Waals surface area contributed by atoms with E-state index in [1.807, 2.05) is 0 Å². The molecule has 8 rings (SSSR count). The van der Waals surface area contributed by atoms with Crippen LogP contribution in [0.1, 0.15) is 136 Å². The summed E-state index contributed by atoms with van der Waals surface area (Å²) in [7, 11) is 0. The second kappa shape index (κ2) is 8.83. The Hall–Kier alpha value is -0.830. The van der Waals surface area contributed by atoms with Crippen LogP contribution < -0.4 is 0 Å². The van der Waals surface area contributed by atoms with E-state index in [1.165, 1.54) is 89.9 Å². The molecule has 5 atom stereocenters. The predicted molar refractivity (Wildman–Crippen MR) is 151 cm³/mol. The van der Waals surface area contributed by atoms with Gasteiger partial charge in [0.1, 0.15) is 0 Å². The Morgan fingerprint density at radius 2 is 1.42 bits per heavy atom. The fraction of sp³-hybridized carbons (Fsp3) is 0.914. The maximum atomic E-state index is 12.5. The van der Waals surface area contributed by atoms with Crippen molar-refractivity contribution in [1.82, 2.24) is 0 Å². The molecule has 38 heavy (non-hydrogen) atoms. The fourth-order valence-electron chi connectivity index (χ4n) is 13.4. The normalized spacial score (nSPS) is 45.2. The van der Waals surface area contributed by atoms with Crippen molar-refractivity contribution in [3.63, 3.8) is 0 Å². The van der Waals surface area contributed by atoms with Gasteiger partial charge in [-0.2, -0.15) is 0 Å². The Balaban J connectivity index is 1.34. The van der Waals surface area contributed by atoms with Crippen LogP contribution in [0, 0.1) is 57.2 Å². The number of aliphatic carboxylic acids is 1. The lowest BCUT2D eigenvalue weighted by Crippen LogP contribution is -2.62. The van der Waals surface area contributed by atoms with Gasteiger partial charge in [0.25, 0.3) is 0 Å². The van der Waals surface area contributed by atoms with Crippen LogP contribution >= 0.6 is 0 Å². The molecule has 212 valence electrons. The summed E-state index contributed by atoms with van der Waals surface area (Å²) in [6, 6.07) is 0. The number of hydrogen-bond donors (Lipinski definition) is 2. The summed E-state index contributed by atoms with van der Waals surface area (Å²) in [4.78, 5) is 12.5. The fourth-order valence-corrected chi connectivity index (χ4v) is 13.4. The Bertz CT molecular complexity index is 934. The Kier molecular flexibility index (Phi) is 6.07. The van der Waals surface area contributed by atoms with Crippen LogP contribution in [-0.2, 0) is 4.79 Å². The zero-order valence-corrected chi connectivity index (χ0v) is 24.4. The van der Waals surface area contributed by atoms with Crippen LogP contribution in [0.5, 0.6) is 0 Å². The smallest absolute Gasteiger partial charge is 0.307 e. The summed E-state index contributed by atoms with van der Waals surface area (Å²) in [6.45, 7) is 5.25. The van der Waals surface area contributed by atoms with E-state index in [0.29, 0.717) is 0 Å². The van der Waals surface area contributed by atoms with Gasteiger partial charge in [-0.15, -0.1) is 0 Å². The highest BCUT2D eigenvalue weighted by molar-refractivity contribution is 5.72. The average Bonchev–Trinajstić information content (AvgIpc) is 3.48. The number of fused-ring (bicyclic) bond motifs is 2. The van der Waals surface area contributed by atoms with E-state index in [2.05, 4.69) is 26.0 Å². The van der Waals surface area contributed by atoms with E-state index in [9.17, 15) is 15.0 Å². The standard InChI is InChI=1S/C35H54O3/c1-31(2,33-16-24-15-25(17-33)19-34(38,18-24)23-33)22-35(27-9-5-3-6-10-27,28-11-7-4-8-12-28)32-14-13-26(20-32)29(21-32)30(36)37/h13-14,24-29,38H,3-12,15-23H2,1-2H3,(H,36,37). The number of carbonyl (C=O) groups is 1. The number of hydrogen-bond acceptors (Lipinski definition) is 2. The molecular weight excluding hydrogens is 468 g/mol. The lowest BCUT2D eigenvalue weighted by Gasteiger charge is -2.68. The second-order valence-corrected chi connectivity index (χ2v) is 16.8. The maximum absolute atomic E-state index is 12.5. The quantitative estimate of drug-likeness (QED) is 0.329. The molecule has 2 N–H and O–H groups in total. The van der Waals surface area contributed by atoms with Crippen molar-refractivity contribution in [2.45, 2.75) is 141 Å². The molecule has 5 unspecified atom stereocenters. The first kappa shape index (κ1) is 26.1. The van der Waals surface area contributed by atoms with Gasteiger partial charge < -0.3 is 10.2 Å². The van der Waals surface area contributed by atoms with E-state index >= 15 is 0 Å². The largest absolute Gasteiger partial charge is 0.481 e. The maximum Gasteiger partial charge on any atom is 0.307 e. The van der Waals surface area contributed by atoms with Crippen molar-refractivity contribution in [2.24, 2.45) is 57.2 Å². The Labute approximate surface area is 231 Å². The lowest BCUT2D eigenvalue weighted by atomic mass is 9.37. The zero-order chi connectivity index (χ0) is 26.4. The third kappa shape index (κ3) is 3.71. The molecule has 7 fully saturated rings. The van der Waals surface area contributed by atoms with Crippen LogP contribution in [0.2, 0.25) is 0 Å².